The van der Waals surface area contributed by atoms with Gasteiger partial charge in [0.1, 0.15) is 5.82 Å². The second-order valence-electron chi connectivity index (χ2n) is 3.45. The molecule has 0 amide bonds. The molecule has 2 rings (SSSR count). The van der Waals surface area contributed by atoms with E-state index in [-0.39, 0.29) is 0 Å². The lowest BCUT2D eigenvalue weighted by atomic mass is 10.1. The molecular weight excluding hydrogens is 226 g/mol. The van der Waals surface area contributed by atoms with E-state index >= 15 is 0 Å². The Bertz CT molecular complexity index is 496. The largest absolute Gasteiger partial charge is 0.382 e. The molecule has 0 aliphatic heterocycles. The SMILES string of the molecule is COCc1ccc(-c2cc(N)n[nH]2)cc1Cl. The van der Waals surface area contributed by atoms with Crippen molar-refractivity contribution in [2.75, 3.05) is 12.8 Å². The van der Waals surface area contributed by atoms with Crippen LogP contribution in [-0.2, 0) is 11.3 Å². The first-order valence-electron chi connectivity index (χ1n) is 4.79. The molecule has 0 spiro atoms. The van der Waals surface area contributed by atoms with Crippen LogP contribution in [0.5, 0.6) is 0 Å². The van der Waals surface area contributed by atoms with Crippen molar-refractivity contribution in [3.8, 4) is 11.3 Å². The van der Waals surface area contributed by atoms with Crippen LogP contribution in [0.1, 0.15) is 5.56 Å². The monoisotopic (exact) mass is 237 g/mol. The number of nitrogens with two attached hydrogens (primary N) is 1. The zero-order valence-corrected chi connectivity index (χ0v) is 9.58. The molecule has 3 N–H and O–H groups in total. The summed E-state index contributed by atoms with van der Waals surface area (Å²) in [7, 11) is 1.64. The molecule has 5 heteroatoms. The number of aromatic amines is 1. The maximum Gasteiger partial charge on any atom is 0.145 e. The third kappa shape index (κ3) is 2.18. The van der Waals surface area contributed by atoms with Crippen molar-refractivity contribution in [1.82, 2.24) is 10.2 Å². The molecule has 0 aliphatic rings. The Morgan fingerprint density at radius 2 is 2.25 bits per heavy atom. The predicted molar refractivity (Wildman–Crippen MR) is 64.2 cm³/mol. The number of anilines is 1. The fourth-order valence-electron chi connectivity index (χ4n) is 1.47. The van der Waals surface area contributed by atoms with E-state index in [1.54, 1.807) is 13.2 Å². The minimum Gasteiger partial charge on any atom is -0.382 e. The molecule has 0 bridgehead atoms. The minimum absolute atomic E-state index is 0.465. The van der Waals surface area contributed by atoms with Crippen LogP contribution in [0.4, 0.5) is 5.82 Å². The number of nitrogen functional groups attached to an aromatic ring is 1. The summed E-state index contributed by atoms with van der Waals surface area (Å²) in [4.78, 5) is 0. The van der Waals surface area contributed by atoms with Gasteiger partial charge in [-0.2, -0.15) is 5.10 Å². The predicted octanol–water partition coefficient (Wildman–Crippen LogP) is 2.46. The number of hydrogen-bond donors (Lipinski definition) is 2. The van der Waals surface area contributed by atoms with E-state index in [4.69, 9.17) is 22.1 Å². The van der Waals surface area contributed by atoms with Gasteiger partial charge in [0.05, 0.1) is 12.3 Å². The fourth-order valence-corrected chi connectivity index (χ4v) is 1.71. The van der Waals surface area contributed by atoms with Gasteiger partial charge in [-0.1, -0.05) is 23.7 Å². The van der Waals surface area contributed by atoms with Gasteiger partial charge in [-0.05, 0) is 11.6 Å². The second kappa shape index (κ2) is 4.55. The van der Waals surface area contributed by atoms with Crippen molar-refractivity contribution < 1.29 is 4.74 Å². The van der Waals surface area contributed by atoms with Crippen LogP contribution in [0.2, 0.25) is 5.02 Å². The Morgan fingerprint density at radius 1 is 1.44 bits per heavy atom. The van der Waals surface area contributed by atoms with Crippen LogP contribution in [0.15, 0.2) is 24.3 Å². The van der Waals surface area contributed by atoms with Gasteiger partial charge in [-0.3, -0.25) is 5.10 Å². The number of nitrogens with one attached hydrogen (secondary N) is 1. The van der Waals surface area contributed by atoms with Crippen molar-refractivity contribution in [3.63, 3.8) is 0 Å². The Kier molecular flexibility index (Phi) is 3.12. The topological polar surface area (TPSA) is 63.9 Å². The lowest BCUT2D eigenvalue weighted by Crippen LogP contribution is -1.89. The smallest absolute Gasteiger partial charge is 0.145 e. The maximum atomic E-state index is 6.12. The zero-order valence-electron chi connectivity index (χ0n) is 8.83. The summed E-state index contributed by atoms with van der Waals surface area (Å²) >= 11 is 6.12. The van der Waals surface area contributed by atoms with E-state index in [0.717, 1.165) is 16.8 Å². The van der Waals surface area contributed by atoms with Crippen LogP contribution in [0.3, 0.4) is 0 Å². The van der Waals surface area contributed by atoms with Crippen molar-refractivity contribution in [1.29, 1.82) is 0 Å². The van der Waals surface area contributed by atoms with E-state index in [1.807, 2.05) is 18.2 Å². The number of halogens is 1. The van der Waals surface area contributed by atoms with Gasteiger partial charge >= 0.3 is 0 Å². The summed E-state index contributed by atoms with van der Waals surface area (Å²) in [5, 5.41) is 7.38. The van der Waals surface area contributed by atoms with Crippen molar-refractivity contribution in [3.05, 3.63) is 34.9 Å². The van der Waals surface area contributed by atoms with Crippen LogP contribution in [0, 0.1) is 0 Å². The highest BCUT2D eigenvalue weighted by Crippen LogP contribution is 2.25. The van der Waals surface area contributed by atoms with Gasteiger partial charge in [0.2, 0.25) is 0 Å². The summed E-state index contributed by atoms with van der Waals surface area (Å²) in [6.45, 7) is 0.504. The molecule has 0 atom stereocenters. The summed E-state index contributed by atoms with van der Waals surface area (Å²) in [5.41, 5.74) is 8.30. The normalized spacial score (nSPS) is 10.6. The first-order chi connectivity index (χ1) is 7.70. The highest BCUT2D eigenvalue weighted by atomic mass is 35.5. The van der Waals surface area contributed by atoms with Gasteiger partial charge < -0.3 is 10.5 Å². The Hall–Kier alpha value is -1.52. The first kappa shape index (κ1) is 11.0. The van der Waals surface area contributed by atoms with Gasteiger partial charge in [0.25, 0.3) is 0 Å². The average molecular weight is 238 g/mol. The van der Waals surface area contributed by atoms with Crippen LogP contribution >= 0.6 is 11.6 Å². The summed E-state index contributed by atoms with van der Waals surface area (Å²) in [6, 6.07) is 7.51. The van der Waals surface area contributed by atoms with Crippen LogP contribution < -0.4 is 5.73 Å². The molecule has 0 radical (unpaired) electrons. The number of methoxy groups -OCH3 is 1. The number of ether oxygens (including phenoxy) is 1. The molecule has 4 nitrogen and oxygen atoms in total. The Labute approximate surface area is 98.4 Å². The zero-order chi connectivity index (χ0) is 11.5. The van der Waals surface area contributed by atoms with E-state index < -0.39 is 0 Å². The minimum atomic E-state index is 0.465. The highest BCUT2D eigenvalue weighted by molar-refractivity contribution is 6.31. The first-order valence-corrected chi connectivity index (χ1v) is 5.17. The van der Waals surface area contributed by atoms with Gasteiger partial charge in [0.15, 0.2) is 0 Å². The third-order valence-electron chi connectivity index (χ3n) is 2.26. The Morgan fingerprint density at radius 3 is 2.81 bits per heavy atom. The van der Waals surface area contributed by atoms with Gasteiger partial charge in [-0.25, -0.2) is 0 Å². The molecule has 1 aromatic heterocycles. The second-order valence-corrected chi connectivity index (χ2v) is 3.85. The molecule has 1 aromatic carbocycles. The highest BCUT2D eigenvalue weighted by Gasteiger charge is 2.05. The number of H-pyrrole nitrogens is 1. The van der Waals surface area contributed by atoms with E-state index in [9.17, 15) is 0 Å². The average Bonchev–Trinajstić information content (AvgIpc) is 2.68. The van der Waals surface area contributed by atoms with Crippen molar-refractivity contribution in [2.24, 2.45) is 0 Å². The molecule has 1 heterocycles. The molecule has 16 heavy (non-hydrogen) atoms. The number of nitrogens with zero attached hydrogens (tertiary/aromatic N) is 1. The molecular formula is C11H12ClN3O. The lowest BCUT2D eigenvalue weighted by molar-refractivity contribution is 0.185. The van der Waals surface area contributed by atoms with Gasteiger partial charge in [0, 0.05) is 23.8 Å². The molecule has 0 fully saturated rings. The quantitative estimate of drug-likeness (QED) is 0.862. The van der Waals surface area contributed by atoms with Gasteiger partial charge in [-0.15, -0.1) is 0 Å². The molecule has 0 aliphatic carbocycles. The maximum absolute atomic E-state index is 6.12. The molecule has 0 saturated carbocycles. The van der Waals surface area contributed by atoms with E-state index in [1.165, 1.54) is 0 Å². The van der Waals surface area contributed by atoms with E-state index in [0.29, 0.717) is 17.4 Å². The fraction of sp³-hybridized carbons (Fsp3) is 0.182. The molecule has 84 valence electrons. The molecule has 0 unspecified atom stereocenters. The number of rotatable bonds is 3. The number of hydrogen-bond acceptors (Lipinski definition) is 3. The molecule has 2 aromatic rings. The van der Waals surface area contributed by atoms with Crippen molar-refractivity contribution >= 4 is 17.4 Å². The number of aromatic nitrogens is 2. The van der Waals surface area contributed by atoms with Crippen LogP contribution in [0.25, 0.3) is 11.3 Å². The van der Waals surface area contributed by atoms with Crippen molar-refractivity contribution in [2.45, 2.75) is 6.61 Å². The standard InChI is InChI=1S/C11H12ClN3O/c1-16-6-8-3-2-7(4-9(8)12)10-5-11(13)15-14-10/h2-5H,6H2,1H3,(H3,13,14,15). The molecule has 0 saturated heterocycles. The lowest BCUT2D eigenvalue weighted by Gasteiger charge is -2.04. The summed E-state index contributed by atoms with van der Waals surface area (Å²) < 4.78 is 5.03. The summed E-state index contributed by atoms with van der Waals surface area (Å²) in [5.74, 6) is 0.465. The summed E-state index contributed by atoms with van der Waals surface area (Å²) in [6.07, 6.45) is 0. The third-order valence-corrected chi connectivity index (χ3v) is 2.61. The van der Waals surface area contributed by atoms with E-state index in [2.05, 4.69) is 10.2 Å². The number of benzene rings is 1. The Balaban J connectivity index is 2.34. The van der Waals surface area contributed by atoms with Crippen LogP contribution in [-0.4, -0.2) is 17.3 Å².